The minimum absolute atomic E-state index is 0.154. The first-order valence-corrected chi connectivity index (χ1v) is 6.39. The summed E-state index contributed by atoms with van der Waals surface area (Å²) in [5.41, 5.74) is -0.520. The summed E-state index contributed by atoms with van der Waals surface area (Å²) >= 11 is 0. The molecule has 0 aliphatic rings. The van der Waals surface area contributed by atoms with Crippen molar-refractivity contribution in [1.29, 1.82) is 0 Å². The van der Waals surface area contributed by atoms with Crippen LogP contribution in [0.1, 0.15) is 34.6 Å². The highest BCUT2D eigenvalue weighted by atomic mass is 16.6. The molecule has 0 saturated carbocycles. The molecule has 2 amide bonds. The average molecular weight is 274 g/mol. The van der Waals surface area contributed by atoms with Crippen molar-refractivity contribution in [2.24, 2.45) is 0 Å². The Morgan fingerprint density at radius 2 is 1.42 bits per heavy atom. The van der Waals surface area contributed by atoms with Crippen LogP contribution in [0.2, 0.25) is 0 Å². The van der Waals surface area contributed by atoms with Crippen LogP contribution in [-0.2, 0) is 9.47 Å². The van der Waals surface area contributed by atoms with Crippen LogP contribution in [0, 0.1) is 0 Å². The van der Waals surface area contributed by atoms with Crippen molar-refractivity contribution in [3.63, 3.8) is 0 Å². The van der Waals surface area contributed by atoms with E-state index in [4.69, 9.17) is 9.47 Å². The number of hydrogen-bond donors (Lipinski definition) is 0. The highest BCUT2D eigenvalue weighted by molar-refractivity contribution is 5.68. The van der Waals surface area contributed by atoms with E-state index in [2.05, 4.69) is 0 Å². The molecule has 0 aliphatic carbocycles. The van der Waals surface area contributed by atoms with E-state index in [0.717, 1.165) is 0 Å². The fourth-order valence-electron chi connectivity index (χ4n) is 1.11. The number of likely N-dealkylation sites (N-methyl/N-ethyl adjacent to an activating group) is 2. The Morgan fingerprint density at radius 3 is 1.79 bits per heavy atom. The lowest BCUT2D eigenvalue weighted by Gasteiger charge is -2.26. The molecule has 0 unspecified atom stereocenters. The summed E-state index contributed by atoms with van der Waals surface area (Å²) in [6.07, 6.45) is -0.954. The molecule has 19 heavy (non-hydrogen) atoms. The van der Waals surface area contributed by atoms with Gasteiger partial charge in [-0.1, -0.05) is 0 Å². The monoisotopic (exact) mass is 274 g/mol. The minimum Gasteiger partial charge on any atom is -0.447 e. The van der Waals surface area contributed by atoms with Gasteiger partial charge in [-0.15, -0.1) is 0 Å². The van der Waals surface area contributed by atoms with E-state index < -0.39 is 17.8 Å². The zero-order valence-electron chi connectivity index (χ0n) is 13.0. The molecule has 0 spiro atoms. The molecule has 0 heterocycles. The van der Waals surface area contributed by atoms with E-state index >= 15 is 0 Å². The van der Waals surface area contributed by atoms with Gasteiger partial charge in [-0.3, -0.25) is 0 Å². The Hall–Kier alpha value is -1.46. The molecule has 0 fully saturated rings. The molecule has 6 nitrogen and oxygen atoms in total. The number of carbonyl (C=O) groups is 2. The zero-order chi connectivity index (χ0) is 15.2. The third-order valence-electron chi connectivity index (χ3n) is 2.12. The minimum atomic E-state index is -0.520. The van der Waals surface area contributed by atoms with Crippen LogP contribution in [-0.4, -0.2) is 60.9 Å². The normalized spacial score (nSPS) is 11.2. The molecule has 0 radical (unpaired) electrons. The maximum absolute atomic E-state index is 11.7. The molecule has 0 rings (SSSR count). The number of nitrogens with zero attached hydrogens (tertiary/aromatic N) is 2. The van der Waals surface area contributed by atoms with Gasteiger partial charge in [-0.25, -0.2) is 9.59 Å². The van der Waals surface area contributed by atoms with Crippen molar-refractivity contribution in [1.82, 2.24) is 9.80 Å². The fraction of sp³-hybridized carbons (Fsp3) is 0.846. The van der Waals surface area contributed by atoms with Gasteiger partial charge < -0.3 is 19.3 Å². The molecule has 0 bridgehead atoms. The summed E-state index contributed by atoms with van der Waals surface area (Å²) < 4.78 is 10.2. The molecule has 0 aliphatic heterocycles. The summed E-state index contributed by atoms with van der Waals surface area (Å²) in [5, 5.41) is 0. The molecule has 0 saturated heterocycles. The second-order valence-corrected chi connectivity index (χ2v) is 5.76. The quantitative estimate of drug-likeness (QED) is 0.789. The number of rotatable bonds is 4. The molecular formula is C13H26N2O4. The van der Waals surface area contributed by atoms with Gasteiger partial charge in [-0.05, 0) is 34.6 Å². The summed E-state index contributed by atoms with van der Waals surface area (Å²) in [6.45, 7) is 9.79. The summed E-state index contributed by atoms with van der Waals surface area (Å²) in [6, 6.07) is 0. The van der Waals surface area contributed by atoms with Crippen LogP contribution >= 0.6 is 0 Å². The van der Waals surface area contributed by atoms with Crippen LogP contribution in [0.15, 0.2) is 0 Å². The van der Waals surface area contributed by atoms with Crippen molar-refractivity contribution in [2.75, 3.05) is 27.2 Å². The number of amides is 2. The summed E-state index contributed by atoms with van der Waals surface area (Å²) in [5.74, 6) is 0. The van der Waals surface area contributed by atoms with Crippen molar-refractivity contribution in [2.45, 2.75) is 46.3 Å². The topological polar surface area (TPSA) is 59.1 Å². The average Bonchev–Trinajstić information content (AvgIpc) is 2.21. The van der Waals surface area contributed by atoms with Crippen molar-refractivity contribution >= 4 is 12.2 Å². The van der Waals surface area contributed by atoms with Gasteiger partial charge >= 0.3 is 12.2 Å². The second-order valence-electron chi connectivity index (χ2n) is 5.76. The van der Waals surface area contributed by atoms with E-state index in [1.165, 1.54) is 9.80 Å². The molecule has 0 atom stereocenters. The van der Waals surface area contributed by atoms with E-state index in [-0.39, 0.29) is 6.10 Å². The number of hydrogen-bond acceptors (Lipinski definition) is 4. The van der Waals surface area contributed by atoms with E-state index in [1.54, 1.807) is 27.9 Å². The fourth-order valence-corrected chi connectivity index (χ4v) is 1.11. The Balaban J connectivity index is 4.12. The number of ether oxygens (including phenoxy) is 2. The first kappa shape index (κ1) is 17.5. The van der Waals surface area contributed by atoms with Crippen LogP contribution in [0.5, 0.6) is 0 Å². The molecular weight excluding hydrogens is 248 g/mol. The van der Waals surface area contributed by atoms with E-state index in [0.29, 0.717) is 13.1 Å². The lowest BCUT2D eigenvalue weighted by atomic mass is 10.2. The first-order valence-electron chi connectivity index (χ1n) is 6.39. The van der Waals surface area contributed by atoms with Gasteiger partial charge in [0.05, 0.1) is 6.10 Å². The molecule has 0 aromatic carbocycles. The SMILES string of the molecule is CC(C)OC(=O)N(C)CCN(C)C(=O)OC(C)(C)C. The Kier molecular flexibility index (Phi) is 6.65. The smallest absolute Gasteiger partial charge is 0.410 e. The molecule has 6 heteroatoms. The highest BCUT2D eigenvalue weighted by Crippen LogP contribution is 2.09. The van der Waals surface area contributed by atoms with Crippen LogP contribution < -0.4 is 0 Å². The Morgan fingerprint density at radius 1 is 1.00 bits per heavy atom. The lowest BCUT2D eigenvalue weighted by molar-refractivity contribution is 0.0276. The Bertz CT molecular complexity index is 310. The molecule has 112 valence electrons. The summed E-state index contributed by atoms with van der Waals surface area (Å²) in [4.78, 5) is 26.1. The van der Waals surface area contributed by atoms with Crippen molar-refractivity contribution < 1.29 is 19.1 Å². The van der Waals surface area contributed by atoms with E-state index in [1.807, 2.05) is 20.8 Å². The van der Waals surface area contributed by atoms with Crippen molar-refractivity contribution in [3.05, 3.63) is 0 Å². The molecule has 0 aromatic heterocycles. The Labute approximate surface area is 115 Å². The van der Waals surface area contributed by atoms with Crippen LogP contribution in [0.25, 0.3) is 0 Å². The van der Waals surface area contributed by atoms with Gasteiger partial charge in [0.15, 0.2) is 0 Å². The third-order valence-corrected chi connectivity index (χ3v) is 2.12. The van der Waals surface area contributed by atoms with Gasteiger partial charge in [0.2, 0.25) is 0 Å². The first-order chi connectivity index (χ1) is 8.53. The number of carbonyl (C=O) groups excluding carboxylic acids is 2. The maximum Gasteiger partial charge on any atom is 0.410 e. The lowest BCUT2D eigenvalue weighted by Crippen LogP contribution is -2.40. The van der Waals surface area contributed by atoms with Crippen LogP contribution in [0.3, 0.4) is 0 Å². The van der Waals surface area contributed by atoms with Gasteiger partial charge in [-0.2, -0.15) is 0 Å². The maximum atomic E-state index is 11.7. The molecule has 0 aromatic rings. The standard InChI is InChI=1S/C13H26N2O4/c1-10(2)18-11(16)14(6)8-9-15(7)12(17)19-13(3,4)5/h10H,8-9H2,1-7H3. The third kappa shape index (κ3) is 8.29. The van der Waals surface area contributed by atoms with Gasteiger partial charge in [0, 0.05) is 27.2 Å². The van der Waals surface area contributed by atoms with E-state index in [9.17, 15) is 9.59 Å². The predicted octanol–water partition coefficient (Wildman–Crippen LogP) is 2.33. The predicted molar refractivity (Wildman–Crippen MR) is 73.1 cm³/mol. The zero-order valence-corrected chi connectivity index (χ0v) is 13.0. The second kappa shape index (κ2) is 7.21. The molecule has 0 N–H and O–H groups in total. The van der Waals surface area contributed by atoms with Crippen molar-refractivity contribution in [3.8, 4) is 0 Å². The largest absolute Gasteiger partial charge is 0.447 e. The van der Waals surface area contributed by atoms with Gasteiger partial charge in [0.1, 0.15) is 5.60 Å². The summed E-state index contributed by atoms with van der Waals surface area (Å²) in [7, 11) is 3.27. The van der Waals surface area contributed by atoms with Gasteiger partial charge in [0.25, 0.3) is 0 Å². The van der Waals surface area contributed by atoms with Crippen LogP contribution in [0.4, 0.5) is 9.59 Å². The highest BCUT2D eigenvalue weighted by Gasteiger charge is 2.20.